The lowest BCUT2D eigenvalue weighted by Crippen LogP contribution is -2.13. The molecule has 1 amide bonds. The van der Waals surface area contributed by atoms with Crippen LogP contribution in [0.5, 0.6) is 0 Å². The number of benzene rings is 1. The monoisotopic (exact) mass is 312 g/mol. The highest BCUT2D eigenvalue weighted by Gasteiger charge is 2.18. The van der Waals surface area contributed by atoms with Crippen LogP contribution < -0.4 is 5.32 Å². The fourth-order valence-corrected chi connectivity index (χ4v) is 2.10. The first-order valence-electron chi connectivity index (χ1n) is 7.27. The van der Waals surface area contributed by atoms with Crippen LogP contribution in [0.1, 0.15) is 36.8 Å². The molecular formula is C17H17FN4O. The first-order valence-corrected chi connectivity index (χ1v) is 7.27. The maximum atomic E-state index is 12.9. The Morgan fingerprint density at radius 1 is 1.13 bits per heavy atom. The van der Waals surface area contributed by atoms with E-state index in [0.717, 1.165) is 11.3 Å². The Balaban J connectivity index is 1.85. The van der Waals surface area contributed by atoms with Crippen molar-refractivity contribution in [3.63, 3.8) is 0 Å². The lowest BCUT2D eigenvalue weighted by atomic mass is 9.93. The minimum atomic E-state index is -0.380. The first-order chi connectivity index (χ1) is 10.8. The predicted octanol–water partition coefficient (Wildman–Crippen LogP) is 3.42. The van der Waals surface area contributed by atoms with E-state index in [-0.39, 0.29) is 17.1 Å². The standard InChI is InChI=1S/C17H17FN4O/c1-17(2,3)13-10-22-15(19-13)9-8-14(21-22)20-16(23)11-4-6-12(18)7-5-11/h4-10H,1-3H3,(H,20,21,23). The van der Waals surface area contributed by atoms with Crippen LogP contribution in [0.25, 0.3) is 5.65 Å². The number of hydrogen-bond acceptors (Lipinski definition) is 3. The zero-order valence-electron chi connectivity index (χ0n) is 13.2. The van der Waals surface area contributed by atoms with E-state index < -0.39 is 0 Å². The van der Waals surface area contributed by atoms with E-state index in [1.807, 2.05) is 6.20 Å². The average Bonchev–Trinajstić information content (AvgIpc) is 2.91. The Hall–Kier alpha value is -2.76. The fraction of sp³-hybridized carbons (Fsp3) is 0.235. The van der Waals surface area contributed by atoms with E-state index in [1.165, 1.54) is 24.3 Å². The number of amides is 1. The van der Waals surface area contributed by atoms with Gasteiger partial charge in [-0.05, 0) is 36.4 Å². The molecule has 0 bridgehead atoms. The van der Waals surface area contributed by atoms with Gasteiger partial charge in [-0.2, -0.15) is 0 Å². The van der Waals surface area contributed by atoms with Crippen LogP contribution in [-0.4, -0.2) is 20.5 Å². The van der Waals surface area contributed by atoms with Gasteiger partial charge in [-0.3, -0.25) is 4.79 Å². The summed E-state index contributed by atoms with van der Waals surface area (Å²) < 4.78 is 14.5. The molecule has 3 aromatic rings. The Morgan fingerprint density at radius 3 is 2.48 bits per heavy atom. The summed E-state index contributed by atoms with van der Waals surface area (Å²) in [6, 6.07) is 8.84. The highest BCUT2D eigenvalue weighted by Crippen LogP contribution is 2.21. The molecule has 1 aromatic carbocycles. The molecule has 2 heterocycles. The predicted molar refractivity (Wildman–Crippen MR) is 86.0 cm³/mol. The van der Waals surface area contributed by atoms with Crippen LogP contribution in [0.4, 0.5) is 10.2 Å². The number of rotatable bonds is 2. The minimum absolute atomic E-state index is 0.0782. The molecule has 0 aliphatic rings. The molecular weight excluding hydrogens is 295 g/mol. The molecule has 0 saturated heterocycles. The molecule has 5 nitrogen and oxygen atoms in total. The Bertz CT molecular complexity index is 862. The molecule has 0 fully saturated rings. The number of nitrogens with one attached hydrogen (secondary N) is 1. The van der Waals surface area contributed by atoms with Crippen LogP contribution >= 0.6 is 0 Å². The smallest absolute Gasteiger partial charge is 0.256 e. The maximum Gasteiger partial charge on any atom is 0.256 e. The Kier molecular flexibility index (Phi) is 3.60. The highest BCUT2D eigenvalue weighted by molar-refractivity contribution is 6.03. The van der Waals surface area contributed by atoms with E-state index in [1.54, 1.807) is 16.6 Å². The molecule has 0 radical (unpaired) electrons. The van der Waals surface area contributed by atoms with Gasteiger partial charge >= 0.3 is 0 Å². The quantitative estimate of drug-likeness (QED) is 0.789. The van der Waals surface area contributed by atoms with Gasteiger partial charge in [0.2, 0.25) is 0 Å². The molecule has 118 valence electrons. The van der Waals surface area contributed by atoms with Gasteiger partial charge in [0.25, 0.3) is 5.91 Å². The summed E-state index contributed by atoms with van der Waals surface area (Å²) in [5, 5.41) is 7.04. The second-order valence-electron chi connectivity index (χ2n) is 6.36. The van der Waals surface area contributed by atoms with Crippen molar-refractivity contribution in [3.05, 3.63) is 59.7 Å². The normalized spacial score (nSPS) is 11.7. The summed E-state index contributed by atoms with van der Waals surface area (Å²) in [6.07, 6.45) is 1.85. The van der Waals surface area contributed by atoms with Crippen molar-refractivity contribution in [1.82, 2.24) is 14.6 Å². The number of carbonyl (C=O) groups excluding carboxylic acids is 1. The number of fused-ring (bicyclic) bond motifs is 1. The van der Waals surface area contributed by atoms with Crippen LogP contribution in [0.3, 0.4) is 0 Å². The van der Waals surface area contributed by atoms with Crippen molar-refractivity contribution in [1.29, 1.82) is 0 Å². The third-order valence-electron chi connectivity index (χ3n) is 3.44. The number of halogens is 1. The van der Waals surface area contributed by atoms with Gasteiger partial charge < -0.3 is 5.32 Å². The molecule has 3 rings (SSSR count). The van der Waals surface area contributed by atoms with E-state index >= 15 is 0 Å². The summed E-state index contributed by atoms with van der Waals surface area (Å²) in [6.45, 7) is 6.23. The van der Waals surface area contributed by atoms with Crippen molar-refractivity contribution >= 4 is 17.4 Å². The molecule has 0 saturated carbocycles. The molecule has 0 aliphatic carbocycles. The van der Waals surface area contributed by atoms with E-state index in [0.29, 0.717) is 11.4 Å². The molecule has 23 heavy (non-hydrogen) atoms. The number of imidazole rings is 1. The van der Waals surface area contributed by atoms with Gasteiger partial charge in [0.15, 0.2) is 11.5 Å². The van der Waals surface area contributed by atoms with E-state index in [2.05, 4.69) is 36.2 Å². The number of carbonyl (C=O) groups is 1. The van der Waals surface area contributed by atoms with Gasteiger partial charge in [-0.25, -0.2) is 13.9 Å². The zero-order chi connectivity index (χ0) is 16.6. The second-order valence-corrected chi connectivity index (χ2v) is 6.36. The number of nitrogens with zero attached hydrogens (tertiary/aromatic N) is 3. The molecule has 0 spiro atoms. The third kappa shape index (κ3) is 3.21. The molecule has 2 aromatic heterocycles. The summed E-state index contributed by atoms with van der Waals surface area (Å²) >= 11 is 0. The van der Waals surface area contributed by atoms with Crippen LogP contribution in [-0.2, 0) is 5.41 Å². The Labute approximate surface area is 133 Å². The van der Waals surface area contributed by atoms with Crippen molar-refractivity contribution in [2.24, 2.45) is 0 Å². The number of aromatic nitrogens is 3. The fourth-order valence-electron chi connectivity index (χ4n) is 2.10. The lowest BCUT2D eigenvalue weighted by molar-refractivity contribution is 0.102. The van der Waals surface area contributed by atoms with Gasteiger partial charge in [0.05, 0.1) is 11.9 Å². The lowest BCUT2D eigenvalue weighted by Gasteiger charge is -2.13. The molecule has 0 atom stereocenters. The SMILES string of the molecule is CC(C)(C)c1cn2nc(NC(=O)c3ccc(F)cc3)ccc2n1. The maximum absolute atomic E-state index is 12.9. The highest BCUT2D eigenvalue weighted by atomic mass is 19.1. The van der Waals surface area contributed by atoms with Gasteiger partial charge in [0.1, 0.15) is 5.82 Å². The topological polar surface area (TPSA) is 59.3 Å². The van der Waals surface area contributed by atoms with Gasteiger partial charge in [-0.1, -0.05) is 20.8 Å². The van der Waals surface area contributed by atoms with Crippen LogP contribution in [0.15, 0.2) is 42.6 Å². The van der Waals surface area contributed by atoms with Crippen molar-refractivity contribution in [2.75, 3.05) is 5.32 Å². The molecule has 0 aliphatic heterocycles. The second kappa shape index (κ2) is 5.46. The number of hydrogen-bond donors (Lipinski definition) is 1. The van der Waals surface area contributed by atoms with Crippen LogP contribution in [0.2, 0.25) is 0 Å². The van der Waals surface area contributed by atoms with Crippen molar-refractivity contribution in [3.8, 4) is 0 Å². The summed E-state index contributed by atoms with van der Waals surface area (Å²) in [5.74, 6) is -0.313. The largest absolute Gasteiger partial charge is 0.305 e. The summed E-state index contributed by atoms with van der Waals surface area (Å²) in [7, 11) is 0. The molecule has 6 heteroatoms. The van der Waals surface area contributed by atoms with Crippen LogP contribution in [0, 0.1) is 5.82 Å². The van der Waals surface area contributed by atoms with E-state index in [4.69, 9.17) is 0 Å². The Morgan fingerprint density at radius 2 is 1.83 bits per heavy atom. The van der Waals surface area contributed by atoms with E-state index in [9.17, 15) is 9.18 Å². The van der Waals surface area contributed by atoms with Gasteiger partial charge in [0, 0.05) is 11.0 Å². The first kappa shape index (κ1) is 15.1. The zero-order valence-corrected chi connectivity index (χ0v) is 13.2. The third-order valence-corrected chi connectivity index (χ3v) is 3.44. The summed E-state index contributed by atoms with van der Waals surface area (Å²) in [5.41, 5.74) is 1.93. The summed E-state index contributed by atoms with van der Waals surface area (Å²) in [4.78, 5) is 16.6. The van der Waals surface area contributed by atoms with Crippen molar-refractivity contribution in [2.45, 2.75) is 26.2 Å². The number of anilines is 1. The molecule has 0 unspecified atom stereocenters. The van der Waals surface area contributed by atoms with Crippen molar-refractivity contribution < 1.29 is 9.18 Å². The minimum Gasteiger partial charge on any atom is -0.305 e. The molecule has 1 N–H and O–H groups in total. The van der Waals surface area contributed by atoms with Gasteiger partial charge in [-0.15, -0.1) is 5.10 Å². The average molecular weight is 312 g/mol.